The molecule has 0 aliphatic carbocycles. The maximum absolute atomic E-state index is 13.9. The number of anilines is 1. The molecule has 0 bridgehead atoms. The largest absolute Gasteiger partial charge is 0.418 e. The first kappa shape index (κ1) is 37.9. The van der Waals surface area contributed by atoms with E-state index in [0.717, 1.165) is 79.4 Å². The van der Waals surface area contributed by atoms with Crippen LogP contribution in [-0.2, 0) is 53.8 Å². The normalized spacial score (nSPS) is 22.6. The first-order valence-corrected chi connectivity index (χ1v) is 19.2. The van der Waals surface area contributed by atoms with E-state index in [2.05, 4.69) is 57.3 Å². The third-order valence-corrected chi connectivity index (χ3v) is 11.7. The van der Waals surface area contributed by atoms with Gasteiger partial charge in [-0.05, 0) is 79.3 Å². The van der Waals surface area contributed by atoms with Crippen LogP contribution in [0.15, 0.2) is 65.7 Å². The summed E-state index contributed by atoms with van der Waals surface area (Å²) in [6, 6.07) is 14.9. The molecule has 296 valence electrons. The third kappa shape index (κ3) is 7.71. The molecule has 4 aliphatic rings. The van der Waals surface area contributed by atoms with Gasteiger partial charge in [0.25, 0.3) is 5.91 Å². The Morgan fingerprint density at radius 3 is 2.34 bits per heavy atom. The second-order valence-electron chi connectivity index (χ2n) is 15.9. The monoisotopic (exact) mass is 773 g/mol. The smallest absolute Gasteiger partial charge is 0.369 e. The molecule has 0 radical (unpaired) electrons. The Kier molecular flexibility index (Phi) is 10.0. The lowest BCUT2D eigenvalue weighted by Gasteiger charge is -2.40. The number of piperidine rings is 2. The van der Waals surface area contributed by atoms with Crippen LogP contribution in [0.3, 0.4) is 0 Å². The first-order chi connectivity index (χ1) is 26.7. The lowest BCUT2D eigenvalue weighted by atomic mass is 9.94. The molecule has 3 fully saturated rings. The SMILES string of the molecule is Cn1cc2c(C(F)(F)F)cc(CN3CCC[C@@](C)(OCc4ccc(CN5CCN(c6ccc7c(c6)CN([C@H]6CCC(=O)NC6=O)C7=O)CC5)cc4)C3)cn2c1=O. The fourth-order valence-electron chi connectivity index (χ4n) is 8.67. The van der Waals surface area contributed by atoms with Crippen molar-refractivity contribution in [2.45, 2.75) is 76.7 Å². The van der Waals surface area contributed by atoms with Gasteiger partial charge in [-0.3, -0.25) is 33.9 Å². The molecular weight excluding hydrogens is 727 g/mol. The number of amides is 3. The van der Waals surface area contributed by atoms with Crippen molar-refractivity contribution >= 4 is 28.9 Å². The minimum atomic E-state index is -4.58. The van der Waals surface area contributed by atoms with Crippen LogP contribution in [0.4, 0.5) is 18.9 Å². The van der Waals surface area contributed by atoms with Gasteiger partial charge in [-0.2, -0.15) is 13.2 Å². The average molecular weight is 774 g/mol. The Hall–Kier alpha value is -4.99. The molecular formula is C41H46F3N7O5. The molecule has 0 spiro atoms. The summed E-state index contributed by atoms with van der Waals surface area (Å²) in [7, 11) is 1.45. The molecule has 0 unspecified atom stereocenters. The summed E-state index contributed by atoms with van der Waals surface area (Å²) in [5.74, 6) is -0.870. The number of rotatable bonds is 9. The second kappa shape index (κ2) is 14.8. The van der Waals surface area contributed by atoms with Crippen LogP contribution in [0, 0.1) is 0 Å². The average Bonchev–Trinajstić information content (AvgIpc) is 3.64. The number of imide groups is 1. The van der Waals surface area contributed by atoms with Crippen LogP contribution in [0.5, 0.6) is 0 Å². The molecule has 56 heavy (non-hydrogen) atoms. The van der Waals surface area contributed by atoms with E-state index in [0.29, 0.717) is 37.2 Å². The van der Waals surface area contributed by atoms with Crippen molar-refractivity contribution in [2.24, 2.45) is 7.05 Å². The summed E-state index contributed by atoms with van der Waals surface area (Å²) in [4.78, 5) is 58.1. The lowest BCUT2D eigenvalue weighted by molar-refractivity contribution is -0.137. The number of halogens is 3. The highest BCUT2D eigenvalue weighted by Crippen LogP contribution is 2.35. The van der Waals surface area contributed by atoms with E-state index in [1.807, 2.05) is 12.1 Å². The molecule has 2 aromatic heterocycles. The lowest BCUT2D eigenvalue weighted by Crippen LogP contribution is -2.52. The molecule has 8 rings (SSSR count). The topological polar surface area (TPSA) is 112 Å². The van der Waals surface area contributed by atoms with E-state index < -0.39 is 35.0 Å². The maximum Gasteiger partial charge on any atom is 0.418 e. The van der Waals surface area contributed by atoms with E-state index >= 15 is 0 Å². The molecule has 4 aromatic rings. The van der Waals surface area contributed by atoms with Crippen molar-refractivity contribution < 1.29 is 32.3 Å². The molecule has 2 atom stereocenters. The van der Waals surface area contributed by atoms with Gasteiger partial charge < -0.3 is 19.1 Å². The molecule has 3 saturated heterocycles. The first-order valence-electron chi connectivity index (χ1n) is 19.2. The van der Waals surface area contributed by atoms with Crippen LogP contribution in [-0.4, -0.2) is 92.3 Å². The van der Waals surface area contributed by atoms with E-state index in [1.54, 1.807) is 4.90 Å². The number of hydrogen-bond donors (Lipinski definition) is 1. The Morgan fingerprint density at radius 1 is 0.875 bits per heavy atom. The van der Waals surface area contributed by atoms with E-state index in [4.69, 9.17) is 4.74 Å². The number of carbonyl (C=O) groups excluding carboxylic acids is 3. The number of alkyl halides is 3. The fraction of sp³-hybridized carbons (Fsp3) is 0.463. The molecule has 4 aliphatic heterocycles. The number of benzene rings is 2. The van der Waals surface area contributed by atoms with Gasteiger partial charge in [-0.15, -0.1) is 0 Å². The summed E-state index contributed by atoms with van der Waals surface area (Å²) in [5, 5.41) is 2.35. The van der Waals surface area contributed by atoms with Crippen LogP contribution in [0.2, 0.25) is 0 Å². The number of nitrogens with zero attached hydrogens (tertiary/aromatic N) is 6. The summed E-state index contributed by atoms with van der Waals surface area (Å²) in [5.41, 5.74) is 3.31. The van der Waals surface area contributed by atoms with Crippen LogP contribution < -0.4 is 15.9 Å². The number of pyridine rings is 1. The molecule has 12 nitrogen and oxygen atoms in total. The molecule has 2 aromatic carbocycles. The van der Waals surface area contributed by atoms with E-state index in [9.17, 15) is 32.3 Å². The van der Waals surface area contributed by atoms with Crippen LogP contribution in [0.1, 0.15) is 70.8 Å². The fourth-order valence-corrected chi connectivity index (χ4v) is 8.67. The van der Waals surface area contributed by atoms with Gasteiger partial charge in [0.1, 0.15) is 6.04 Å². The highest BCUT2D eigenvalue weighted by Gasteiger charge is 2.40. The minimum Gasteiger partial charge on any atom is -0.369 e. The highest BCUT2D eigenvalue weighted by atomic mass is 19.4. The minimum absolute atomic E-state index is 0.149. The zero-order chi connectivity index (χ0) is 39.4. The van der Waals surface area contributed by atoms with Gasteiger partial charge in [-0.1, -0.05) is 24.3 Å². The van der Waals surface area contributed by atoms with Crippen molar-refractivity contribution in [1.29, 1.82) is 0 Å². The molecule has 3 amide bonds. The van der Waals surface area contributed by atoms with Gasteiger partial charge in [0, 0.05) is 89.5 Å². The van der Waals surface area contributed by atoms with Crippen molar-refractivity contribution in [3.63, 3.8) is 0 Å². The van der Waals surface area contributed by atoms with Gasteiger partial charge in [-0.25, -0.2) is 4.79 Å². The maximum atomic E-state index is 13.9. The summed E-state index contributed by atoms with van der Waals surface area (Å²) < 4.78 is 50.5. The zero-order valence-electron chi connectivity index (χ0n) is 31.6. The van der Waals surface area contributed by atoms with Gasteiger partial charge in [0.05, 0.1) is 23.3 Å². The molecule has 6 heterocycles. The van der Waals surface area contributed by atoms with Crippen molar-refractivity contribution in [3.05, 3.63) is 105 Å². The third-order valence-electron chi connectivity index (χ3n) is 11.7. The second-order valence-corrected chi connectivity index (χ2v) is 15.9. The van der Waals surface area contributed by atoms with Crippen molar-refractivity contribution in [2.75, 3.05) is 44.2 Å². The highest BCUT2D eigenvalue weighted by molar-refractivity contribution is 6.05. The number of imidazole rings is 1. The quantitative estimate of drug-likeness (QED) is 0.251. The Morgan fingerprint density at radius 2 is 1.61 bits per heavy atom. The van der Waals surface area contributed by atoms with Crippen molar-refractivity contribution in [1.82, 2.24) is 29.0 Å². The number of aryl methyl sites for hydroxylation is 1. The number of likely N-dealkylation sites (tertiary alicyclic amines) is 1. The molecule has 15 heteroatoms. The number of nitrogens with one attached hydrogen (secondary N) is 1. The molecule has 0 saturated carbocycles. The molecule has 1 N–H and O–H groups in total. The Balaban J connectivity index is 0.818. The van der Waals surface area contributed by atoms with E-state index in [-0.39, 0.29) is 30.3 Å². The number of aromatic nitrogens is 2. The number of carbonyl (C=O) groups is 3. The number of piperazine rings is 1. The van der Waals surface area contributed by atoms with Gasteiger partial charge in [0.2, 0.25) is 11.8 Å². The van der Waals surface area contributed by atoms with E-state index in [1.165, 1.54) is 29.6 Å². The van der Waals surface area contributed by atoms with Crippen LogP contribution >= 0.6 is 0 Å². The summed E-state index contributed by atoms with van der Waals surface area (Å²) in [6.45, 7) is 8.66. The van der Waals surface area contributed by atoms with Gasteiger partial charge >= 0.3 is 11.9 Å². The summed E-state index contributed by atoms with van der Waals surface area (Å²) in [6.07, 6.45) is 0.409. The standard InChI is InChI=1S/C41H46F3N7O5/c1-40(12-3-13-48(26-40)21-29-18-33(41(42,43)44)35-24-46(2)39(55)51(35)22-29)56-25-28-6-4-27(5-7-28)20-47-14-16-49(17-15-47)31-8-9-32-30(19-31)23-50(38(32)54)34-10-11-36(52)45-37(34)53/h4-9,18-19,22,24,34H,3,10-17,20-21,23,25-26H2,1-2H3,(H,45,52,53)/t34-,40+/m0/s1. The Labute approximate surface area is 322 Å². The van der Waals surface area contributed by atoms with Crippen LogP contribution in [0.25, 0.3) is 5.52 Å². The number of ether oxygens (including phenoxy) is 1. The Bertz CT molecular complexity index is 2230. The zero-order valence-corrected chi connectivity index (χ0v) is 31.6. The predicted octanol–water partition coefficient (Wildman–Crippen LogP) is 4.31. The summed E-state index contributed by atoms with van der Waals surface area (Å²) >= 11 is 0. The predicted molar refractivity (Wildman–Crippen MR) is 202 cm³/mol. The number of fused-ring (bicyclic) bond motifs is 2. The van der Waals surface area contributed by atoms with Crippen molar-refractivity contribution in [3.8, 4) is 0 Å². The van der Waals surface area contributed by atoms with Gasteiger partial charge in [0.15, 0.2) is 0 Å². The number of hydrogen-bond acceptors (Lipinski definition) is 8.